The van der Waals surface area contributed by atoms with Gasteiger partial charge in [-0.25, -0.2) is 13.0 Å². The molecular formula is C42H57N4O9PS. The van der Waals surface area contributed by atoms with Crippen LogP contribution < -0.4 is 25.4 Å². The van der Waals surface area contributed by atoms with Gasteiger partial charge in [-0.2, -0.15) is 0 Å². The minimum Gasteiger partial charge on any atom is -0.415 e. The SMILES string of the molecule is CCC(NC(=O)[C@@H]1CC2CCCCC2N1C(=O)[C@H](CCS(C)(=O)=O)NC(=O)[C@@H](N)CCCCOCc1ccccc1)P(=O)(Oc1ccccc1)Oc1ccccc1. The summed E-state index contributed by atoms with van der Waals surface area (Å²) in [6, 6.07) is 23.5. The van der Waals surface area contributed by atoms with Gasteiger partial charge in [0.25, 0.3) is 0 Å². The molecule has 1 heterocycles. The number of hydrogen-bond acceptors (Lipinski definition) is 10. The summed E-state index contributed by atoms with van der Waals surface area (Å²) in [5.41, 5.74) is 7.36. The van der Waals surface area contributed by atoms with Crippen LogP contribution >= 0.6 is 7.60 Å². The van der Waals surface area contributed by atoms with Crippen molar-refractivity contribution in [3.63, 3.8) is 0 Å². The Labute approximate surface area is 336 Å². The monoisotopic (exact) mass is 824 g/mol. The van der Waals surface area contributed by atoms with Crippen molar-refractivity contribution in [2.24, 2.45) is 11.7 Å². The zero-order valence-corrected chi connectivity index (χ0v) is 34.6. The predicted molar refractivity (Wildman–Crippen MR) is 219 cm³/mol. The third kappa shape index (κ3) is 12.9. The van der Waals surface area contributed by atoms with E-state index in [0.29, 0.717) is 56.8 Å². The molecule has 6 atom stereocenters. The summed E-state index contributed by atoms with van der Waals surface area (Å²) in [5.74, 6) is -2.48. The lowest BCUT2D eigenvalue weighted by molar-refractivity contribution is -0.144. The lowest BCUT2D eigenvalue weighted by atomic mass is 9.84. The van der Waals surface area contributed by atoms with Crippen LogP contribution in [-0.4, -0.2) is 79.6 Å². The molecule has 3 aromatic rings. The van der Waals surface area contributed by atoms with Crippen molar-refractivity contribution in [2.45, 2.75) is 108 Å². The third-order valence-electron chi connectivity index (χ3n) is 10.6. The van der Waals surface area contributed by atoms with E-state index in [4.69, 9.17) is 19.5 Å². The maximum absolute atomic E-state index is 14.7. The summed E-state index contributed by atoms with van der Waals surface area (Å²) in [5, 5.41) is 5.68. The molecule has 1 saturated carbocycles. The highest BCUT2D eigenvalue weighted by atomic mass is 32.2. The second kappa shape index (κ2) is 21.0. The van der Waals surface area contributed by atoms with Crippen LogP contribution in [0.1, 0.15) is 76.7 Å². The van der Waals surface area contributed by atoms with Crippen molar-refractivity contribution in [3.8, 4) is 11.5 Å². The van der Waals surface area contributed by atoms with Gasteiger partial charge in [-0.1, -0.05) is 86.5 Å². The molecule has 4 N–H and O–H groups in total. The number of unbranched alkanes of at least 4 members (excludes halogenated alkanes) is 1. The molecule has 5 rings (SSSR count). The normalized spacial score (nSPS) is 19.8. The Morgan fingerprint density at radius 3 is 2.05 bits per heavy atom. The fourth-order valence-corrected chi connectivity index (χ4v) is 10.1. The lowest BCUT2D eigenvalue weighted by Gasteiger charge is -2.36. The van der Waals surface area contributed by atoms with Crippen LogP contribution in [0.2, 0.25) is 0 Å². The maximum Gasteiger partial charge on any atom is 0.452 e. The molecule has 2 fully saturated rings. The van der Waals surface area contributed by atoms with E-state index in [2.05, 4.69) is 10.6 Å². The molecule has 13 nitrogen and oxygen atoms in total. The Morgan fingerprint density at radius 2 is 1.46 bits per heavy atom. The van der Waals surface area contributed by atoms with E-state index in [1.165, 1.54) is 4.90 Å². The smallest absolute Gasteiger partial charge is 0.415 e. The first kappa shape index (κ1) is 43.9. The fraction of sp³-hybridized carbons (Fsp3) is 0.500. The van der Waals surface area contributed by atoms with Crippen molar-refractivity contribution < 1.29 is 41.2 Å². The van der Waals surface area contributed by atoms with Crippen LogP contribution in [0.25, 0.3) is 0 Å². The molecule has 310 valence electrons. The van der Waals surface area contributed by atoms with E-state index >= 15 is 0 Å². The quantitative estimate of drug-likeness (QED) is 0.0853. The number of fused-ring (bicyclic) bond motifs is 1. The Kier molecular flexibility index (Phi) is 16.1. The number of carbonyl (C=O) groups excluding carboxylic acids is 3. The lowest BCUT2D eigenvalue weighted by Crippen LogP contribution is -2.58. The summed E-state index contributed by atoms with van der Waals surface area (Å²) in [6.07, 6.45) is 6.30. The number of hydrogen-bond donors (Lipinski definition) is 3. The van der Waals surface area contributed by atoms with Crippen molar-refractivity contribution in [1.82, 2.24) is 15.5 Å². The zero-order chi connectivity index (χ0) is 40.8. The van der Waals surface area contributed by atoms with Gasteiger partial charge in [0, 0.05) is 18.9 Å². The second-order valence-electron chi connectivity index (χ2n) is 15.0. The minimum absolute atomic E-state index is 0.0177. The fourth-order valence-electron chi connectivity index (χ4n) is 7.59. The molecule has 1 saturated heterocycles. The van der Waals surface area contributed by atoms with Gasteiger partial charge in [0.05, 0.1) is 18.4 Å². The molecule has 0 radical (unpaired) electrons. The number of nitrogens with two attached hydrogens (primary N) is 1. The molecule has 57 heavy (non-hydrogen) atoms. The van der Waals surface area contributed by atoms with Crippen LogP contribution in [0.4, 0.5) is 0 Å². The second-order valence-corrected chi connectivity index (χ2v) is 19.3. The van der Waals surface area contributed by atoms with Gasteiger partial charge < -0.3 is 35.1 Å². The van der Waals surface area contributed by atoms with Gasteiger partial charge in [0.15, 0.2) is 5.78 Å². The molecule has 15 heteroatoms. The summed E-state index contributed by atoms with van der Waals surface area (Å²) >= 11 is 0. The van der Waals surface area contributed by atoms with Crippen molar-refractivity contribution >= 4 is 35.2 Å². The highest BCUT2D eigenvalue weighted by Crippen LogP contribution is 2.53. The number of para-hydroxylation sites is 2. The predicted octanol–water partition coefficient (Wildman–Crippen LogP) is 5.98. The van der Waals surface area contributed by atoms with Gasteiger partial charge in [0.1, 0.15) is 33.4 Å². The van der Waals surface area contributed by atoms with E-state index in [-0.39, 0.29) is 30.6 Å². The molecule has 1 aliphatic carbocycles. The van der Waals surface area contributed by atoms with Gasteiger partial charge in [0.2, 0.25) is 17.7 Å². The van der Waals surface area contributed by atoms with Crippen LogP contribution in [0, 0.1) is 5.92 Å². The average molecular weight is 825 g/mol. The Bertz CT molecular complexity index is 1860. The van der Waals surface area contributed by atoms with Gasteiger partial charge in [-0.15, -0.1) is 0 Å². The van der Waals surface area contributed by atoms with Gasteiger partial charge >= 0.3 is 7.60 Å². The zero-order valence-electron chi connectivity index (χ0n) is 32.9. The first-order chi connectivity index (χ1) is 27.4. The van der Waals surface area contributed by atoms with Crippen LogP contribution in [0.3, 0.4) is 0 Å². The van der Waals surface area contributed by atoms with E-state index in [1.807, 2.05) is 30.3 Å². The van der Waals surface area contributed by atoms with Crippen LogP contribution in [0.5, 0.6) is 11.5 Å². The maximum atomic E-state index is 14.7. The topological polar surface area (TPSA) is 183 Å². The summed E-state index contributed by atoms with van der Waals surface area (Å²) in [4.78, 5) is 44.1. The molecule has 0 aromatic heterocycles. The Balaban J connectivity index is 1.30. The summed E-state index contributed by atoms with van der Waals surface area (Å²) in [6.45, 7) is 2.73. The number of amides is 3. The van der Waals surface area contributed by atoms with E-state index < -0.39 is 59.1 Å². The van der Waals surface area contributed by atoms with Crippen molar-refractivity contribution in [3.05, 3.63) is 96.6 Å². The number of carbonyl (C=O) groups is 3. The molecule has 3 unspecified atom stereocenters. The van der Waals surface area contributed by atoms with Crippen molar-refractivity contribution in [2.75, 3.05) is 18.6 Å². The van der Waals surface area contributed by atoms with Gasteiger partial charge in [-0.05, 0) is 87.1 Å². The number of benzene rings is 3. The van der Waals surface area contributed by atoms with E-state index in [0.717, 1.165) is 31.1 Å². The number of nitrogens with zero attached hydrogens (tertiary/aromatic N) is 1. The summed E-state index contributed by atoms with van der Waals surface area (Å²) in [7, 11) is -7.65. The molecular weight excluding hydrogens is 768 g/mol. The van der Waals surface area contributed by atoms with Crippen LogP contribution in [0.15, 0.2) is 91.0 Å². The highest BCUT2D eigenvalue weighted by molar-refractivity contribution is 7.90. The molecule has 0 bridgehead atoms. The standard InChI is InChI=1S/C42H57N4O9PS/c1-3-39(56(50,54-33-20-9-5-10-21-33)55-34-22-11-6-12-23-34)45-41(48)38-29-32-19-13-14-25-37(32)46(38)42(49)36(26-28-57(2,51)52)44-40(47)35(43)24-15-16-27-53-30-31-17-7-4-8-18-31/h4-12,17-18,20-23,32,35-39H,3,13-16,19,24-30,43H2,1-2H3,(H,44,47)(H,45,48)/t32?,35-,36-,37?,38-,39?/m0/s1. The third-order valence-corrected chi connectivity index (χ3v) is 13.7. The largest absolute Gasteiger partial charge is 0.452 e. The number of sulfone groups is 1. The molecule has 0 spiro atoms. The number of nitrogens with one attached hydrogen (secondary N) is 2. The molecule has 2 aliphatic rings. The first-order valence-corrected chi connectivity index (χ1v) is 23.6. The first-order valence-electron chi connectivity index (χ1n) is 19.9. The van der Waals surface area contributed by atoms with Gasteiger partial charge in [-0.3, -0.25) is 14.4 Å². The minimum atomic E-state index is -4.13. The summed E-state index contributed by atoms with van der Waals surface area (Å²) < 4.78 is 57.2. The highest BCUT2D eigenvalue weighted by Gasteiger charge is 2.50. The Morgan fingerprint density at radius 1 is 0.860 bits per heavy atom. The average Bonchev–Trinajstić information content (AvgIpc) is 3.60. The molecule has 3 amide bonds. The Hall–Kier alpha value is -4.23. The number of ether oxygens (including phenoxy) is 1. The number of rotatable bonds is 21. The van der Waals surface area contributed by atoms with E-state index in [9.17, 15) is 27.4 Å². The van der Waals surface area contributed by atoms with Crippen molar-refractivity contribution in [1.29, 1.82) is 0 Å². The van der Waals surface area contributed by atoms with E-state index in [1.54, 1.807) is 67.6 Å². The van der Waals surface area contributed by atoms with Crippen LogP contribution in [-0.2, 0) is 40.1 Å². The number of likely N-dealkylation sites (tertiary alicyclic amines) is 1. The molecule has 1 aliphatic heterocycles. The molecule has 3 aromatic carbocycles.